The van der Waals surface area contributed by atoms with Crippen molar-refractivity contribution in [2.45, 2.75) is 0 Å². The number of hydrogen-bond donors (Lipinski definition) is 2. The SMILES string of the molecule is Oc1ccc(-c2nc(-c3ncccc3Cl)no2)cc1O. The van der Waals surface area contributed by atoms with Gasteiger partial charge < -0.3 is 14.7 Å². The second-order valence-corrected chi connectivity index (χ2v) is 4.37. The third-order valence-corrected chi connectivity index (χ3v) is 2.92. The lowest BCUT2D eigenvalue weighted by Crippen LogP contribution is -1.86. The maximum absolute atomic E-state index is 9.46. The smallest absolute Gasteiger partial charge is 0.258 e. The van der Waals surface area contributed by atoms with Gasteiger partial charge in [-0.3, -0.25) is 4.98 Å². The van der Waals surface area contributed by atoms with E-state index in [0.29, 0.717) is 16.3 Å². The average Bonchev–Trinajstić information content (AvgIpc) is 2.92. The van der Waals surface area contributed by atoms with Gasteiger partial charge in [-0.05, 0) is 30.3 Å². The van der Waals surface area contributed by atoms with Crippen molar-refractivity contribution in [3.63, 3.8) is 0 Å². The molecule has 100 valence electrons. The van der Waals surface area contributed by atoms with Crippen molar-refractivity contribution in [3.8, 4) is 34.5 Å². The van der Waals surface area contributed by atoms with Crippen LogP contribution < -0.4 is 0 Å². The second kappa shape index (κ2) is 4.82. The first-order chi connectivity index (χ1) is 9.65. The van der Waals surface area contributed by atoms with Gasteiger partial charge in [0.15, 0.2) is 11.5 Å². The number of rotatable bonds is 2. The highest BCUT2D eigenvalue weighted by atomic mass is 35.5. The van der Waals surface area contributed by atoms with Gasteiger partial charge in [0.1, 0.15) is 5.69 Å². The summed E-state index contributed by atoms with van der Waals surface area (Å²) in [5, 5.41) is 22.9. The minimum Gasteiger partial charge on any atom is -0.504 e. The molecule has 0 aliphatic carbocycles. The molecule has 20 heavy (non-hydrogen) atoms. The van der Waals surface area contributed by atoms with Crippen LogP contribution >= 0.6 is 11.6 Å². The normalized spacial score (nSPS) is 10.7. The summed E-state index contributed by atoms with van der Waals surface area (Å²) >= 11 is 6.00. The molecule has 0 unspecified atom stereocenters. The van der Waals surface area contributed by atoms with E-state index in [9.17, 15) is 10.2 Å². The molecule has 0 bridgehead atoms. The fraction of sp³-hybridized carbons (Fsp3) is 0. The molecule has 1 aromatic carbocycles. The first-order valence-corrected chi connectivity index (χ1v) is 6.00. The zero-order valence-corrected chi connectivity index (χ0v) is 10.7. The Morgan fingerprint density at radius 3 is 2.70 bits per heavy atom. The molecular formula is C13H8ClN3O3. The molecule has 3 aromatic rings. The third kappa shape index (κ3) is 2.17. The van der Waals surface area contributed by atoms with E-state index in [2.05, 4.69) is 15.1 Å². The summed E-state index contributed by atoms with van der Waals surface area (Å²) in [5.41, 5.74) is 0.887. The Morgan fingerprint density at radius 2 is 1.95 bits per heavy atom. The van der Waals surface area contributed by atoms with Crippen LogP contribution in [0.5, 0.6) is 11.5 Å². The molecule has 0 amide bonds. The minimum atomic E-state index is -0.266. The van der Waals surface area contributed by atoms with Gasteiger partial charge in [0.05, 0.1) is 5.02 Å². The van der Waals surface area contributed by atoms with Crippen molar-refractivity contribution in [2.75, 3.05) is 0 Å². The van der Waals surface area contributed by atoms with Gasteiger partial charge in [-0.2, -0.15) is 4.98 Å². The molecule has 3 rings (SSSR count). The van der Waals surface area contributed by atoms with E-state index in [-0.39, 0.29) is 23.2 Å². The number of hydrogen-bond acceptors (Lipinski definition) is 6. The van der Waals surface area contributed by atoms with E-state index in [1.54, 1.807) is 24.4 Å². The second-order valence-electron chi connectivity index (χ2n) is 3.96. The molecule has 2 N–H and O–H groups in total. The van der Waals surface area contributed by atoms with Crippen molar-refractivity contribution in [1.82, 2.24) is 15.1 Å². The number of aromatic nitrogens is 3. The summed E-state index contributed by atoms with van der Waals surface area (Å²) in [6.07, 6.45) is 1.57. The molecule has 0 saturated carbocycles. The van der Waals surface area contributed by atoms with Crippen molar-refractivity contribution < 1.29 is 14.7 Å². The van der Waals surface area contributed by atoms with Crippen LogP contribution in [-0.2, 0) is 0 Å². The van der Waals surface area contributed by atoms with E-state index in [1.165, 1.54) is 12.1 Å². The van der Waals surface area contributed by atoms with Crippen LogP contribution in [0.15, 0.2) is 41.1 Å². The number of pyridine rings is 1. The molecule has 2 aromatic heterocycles. The molecule has 6 nitrogen and oxygen atoms in total. The van der Waals surface area contributed by atoms with E-state index < -0.39 is 0 Å². The molecule has 0 radical (unpaired) electrons. The number of phenols is 2. The van der Waals surface area contributed by atoms with Gasteiger partial charge in [0, 0.05) is 11.8 Å². The van der Waals surface area contributed by atoms with Gasteiger partial charge in [0.2, 0.25) is 5.82 Å². The Bertz CT molecular complexity index is 773. The third-order valence-electron chi connectivity index (χ3n) is 2.62. The molecule has 7 heteroatoms. The monoisotopic (exact) mass is 289 g/mol. The fourth-order valence-corrected chi connectivity index (χ4v) is 1.85. The molecule has 0 atom stereocenters. The van der Waals surface area contributed by atoms with Gasteiger partial charge in [-0.25, -0.2) is 0 Å². The number of halogens is 1. The Labute approximate surface area is 118 Å². The summed E-state index contributed by atoms with van der Waals surface area (Å²) in [7, 11) is 0. The minimum absolute atomic E-state index is 0.192. The zero-order chi connectivity index (χ0) is 14.1. The molecular weight excluding hydrogens is 282 g/mol. The number of nitrogens with zero attached hydrogens (tertiary/aromatic N) is 3. The molecule has 0 saturated heterocycles. The lowest BCUT2D eigenvalue weighted by atomic mass is 10.2. The summed E-state index contributed by atoms with van der Waals surface area (Å²) in [4.78, 5) is 8.25. The number of aromatic hydroxyl groups is 2. The lowest BCUT2D eigenvalue weighted by Gasteiger charge is -1.98. The van der Waals surface area contributed by atoms with Crippen molar-refractivity contribution in [3.05, 3.63) is 41.6 Å². The van der Waals surface area contributed by atoms with E-state index >= 15 is 0 Å². The van der Waals surface area contributed by atoms with Crippen LogP contribution in [0, 0.1) is 0 Å². The maximum Gasteiger partial charge on any atom is 0.258 e. The average molecular weight is 290 g/mol. The van der Waals surface area contributed by atoms with E-state index in [1.807, 2.05) is 0 Å². The zero-order valence-electron chi connectivity index (χ0n) is 9.99. The van der Waals surface area contributed by atoms with Crippen molar-refractivity contribution in [2.24, 2.45) is 0 Å². The number of phenolic OH excluding ortho intramolecular Hbond substituents is 2. The Balaban J connectivity index is 2.02. The van der Waals surface area contributed by atoms with Crippen LogP contribution in [0.2, 0.25) is 5.02 Å². The fourth-order valence-electron chi connectivity index (χ4n) is 1.64. The van der Waals surface area contributed by atoms with Crippen LogP contribution in [0.25, 0.3) is 23.0 Å². The maximum atomic E-state index is 9.46. The highest BCUT2D eigenvalue weighted by Crippen LogP contribution is 2.31. The summed E-state index contributed by atoms with van der Waals surface area (Å²) in [5.74, 6) is -0.0467. The Kier molecular flexibility index (Phi) is 3.00. The number of benzene rings is 1. The molecule has 2 heterocycles. The Hall–Kier alpha value is -2.60. The van der Waals surface area contributed by atoms with Crippen LogP contribution in [-0.4, -0.2) is 25.3 Å². The quantitative estimate of drug-likeness (QED) is 0.705. The largest absolute Gasteiger partial charge is 0.504 e. The highest BCUT2D eigenvalue weighted by molar-refractivity contribution is 6.32. The van der Waals surface area contributed by atoms with E-state index in [0.717, 1.165) is 0 Å². The summed E-state index contributed by atoms with van der Waals surface area (Å²) in [6.45, 7) is 0. The van der Waals surface area contributed by atoms with Gasteiger partial charge in [-0.1, -0.05) is 16.8 Å². The Morgan fingerprint density at radius 1 is 1.10 bits per heavy atom. The van der Waals surface area contributed by atoms with Gasteiger partial charge >= 0.3 is 0 Å². The predicted molar refractivity (Wildman–Crippen MR) is 71.3 cm³/mol. The summed E-state index contributed by atoms with van der Waals surface area (Å²) < 4.78 is 5.10. The van der Waals surface area contributed by atoms with Gasteiger partial charge in [0.25, 0.3) is 5.89 Å². The van der Waals surface area contributed by atoms with Crippen LogP contribution in [0.1, 0.15) is 0 Å². The molecule has 0 fully saturated rings. The van der Waals surface area contributed by atoms with Crippen molar-refractivity contribution in [1.29, 1.82) is 0 Å². The molecule has 0 aliphatic heterocycles. The molecule has 0 spiro atoms. The topological polar surface area (TPSA) is 92.3 Å². The van der Waals surface area contributed by atoms with Gasteiger partial charge in [-0.15, -0.1) is 0 Å². The predicted octanol–water partition coefficient (Wildman–Crippen LogP) is 2.86. The van der Waals surface area contributed by atoms with Crippen molar-refractivity contribution >= 4 is 11.6 Å². The summed E-state index contributed by atoms with van der Waals surface area (Å²) in [6, 6.07) is 7.58. The first kappa shape index (κ1) is 12.4. The van der Waals surface area contributed by atoms with Crippen LogP contribution in [0.3, 0.4) is 0 Å². The van der Waals surface area contributed by atoms with Crippen LogP contribution in [0.4, 0.5) is 0 Å². The highest BCUT2D eigenvalue weighted by Gasteiger charge is 2.15. The van der Waals surface area contributed by atoms with E-state index in [4.69, 9.17) is 16.1 Å². The first-order valence-electron chi connectivity index (χ1n) is 5.62. The standard InChI is InChI=1S/C13H8ClN3O3/c14-8-2-1-5-15-11(8)12-16-13(20-17-12)7-3-4-9(18)10(19)6-7/h1-6,18-19H. The molecule has 0 aliphatic rings. The lowest BCUT2D eigenvalue weighted by molar-refractivity contribution is 0.402.